The van der Waals surface area contributed by atoms with E-state index in [4.69, 9.17) is 14.6 Å². The lowest BCUT2D eigenvalue weighted by molar-refractivity contribution is -0.0736. The van der Waals surface area contributed by atoms with Gasteiger partial charge in [-0.05, 0) is 58.0 Å². The highest BCUT2D eigenvalue weighted by Crippen LogP contribution is 2.54. The van der Waals surface area contributed by atoms with E-state index in [1.54, 1.807) is 7.11 Å². The predicted octanol–water partition coefficient (Wildman–Crippen LogP) is 3.31. The average Bonchev–Trinajstić information content (AvgIpc) is 3.35. The van der Waals surface area contributed by atoms with Gasteiger partial charge in [0.2, 0.25) is 0 Å². The second kappa shape index (κ2) is 10.7. The van der Waals surface area contributed by atoms with Gasteiger partial charge < -0.3 is 19.7 Å². The number of nitrogens with one attached hydrogen (secondary N) is 2. The third-order valence-electron chi connectivity index (χ3n) is 6.85. The Balaban J connectivity index is 1.63. The summed E-state index contributed by atoms with van der Waals surface area (Å²) in [6, 6.07) is 0. The summed E-state index contributed by atoms with van der Waals surface area (Å²) >= 11 is 0. The van der Waals surface area contributed by atoms with Gasteiger partial charge in [0.25, 0.3) is 0 Å². The first-order chi connectivity index (χ1) is 13.7. The molecule has 2 aliphatic carbocycles. The number of ether oxygens (including phenoxy) is 2. The summed E-state index contributed by atoms with van der Waals surface area (Å²) in [5.74, 6) is 0.566. The number of H-pyrrole nitrogens is 1. The van der Waals surface area contributed by atoms with Crippen molar-refractivity contribution in [2.75, 3.05) is 47.5 Å². The van der Waals surface area contributed by atoms with E-state index >= 15 is 0 Å². The van der Waals surface area contributed by atoms with E-state index in [-0.39, 0.29) is 0 Å². The zero-order valence-electron chi connectivity index (χ0n) is 18.1. The SMILES string of the molecule is CNCCN(C)Cc1c[nH]nc1C1CCC(OCCCOC)C2(CCCC2)C1. The minimum absolute atomic E-state index is 0.365. The van der Waals surface area contributed by atoms with Crippen LogP contribution in [0, 0.1) is 5.41 Å². The number of rotatable bonds is 11. The van der Waals surface area contributed by atoms with Crippen molar-refractivity contribution >= 4 is 0 Å². The van der Waals surface area contributed by atoms with Crippen molar-refractivity contribution in [2.45, 2.75) is 69.9 Å². The topological polar surface area (TPSA) is 62.4 Å². The number of methoxy groups -OCH3 is 1. The van der Waals surface area contributed by atoms with Crippen molar-refractivity contribution in [1.82, 2.24) is 20.4 Å². The number of hydrogen-bond acceptors (Lipinski definition) is 5. The fraction of sp³-hybridized carbons (Fsp3) is 0.864. The molecule has 6 nitrogen and oxygen atoms in total. The van der Waals surface area contributed by atoms with Crippen molar-refractivity contribution < 1.29 is 9.47 Å². The first-order valence-electron chi connectivity index (χ1n) is 11.1. The van der Waals surface area contributed by atoms with Crippen LogP contribution in [0.5, 0.6) is 0 Å². The molecule has 2 unspecified atom stereocenters. The van der Waals surface area contributed by atoms with Gasteiger partial charge in [-0.2, -0.15) is 5.10 Å². The molecule has 6 heteroatoms. The van der Waals surface area contributed by atoms with E-state index in [1.807, 2.05) is 7.05 Å². The summed E-state index contributed by atoms with van der Waals surface area (Å²) < 4.78 is 11.6. The highest BCUT2D eigenvalue weighted by atomic mass is 16.5. The van der Waals surface area contributed by atoms with Gasteiger partial charge >= 0.3 is 0 Å². The van der Waals surface area contributed by atoms with Crippen molar-refractivity contribution in [1.29, 1.82) is 0 Å². The molecule has 2 aliphatic rings. The number of nitrogens with zero attached hydrogens (tertiary/aromatic N) is 2. The predicted molar refractivity (Wildman–Crippen MR) is 113 cm³/mol. The molecule has 0 saturated heterocycles. The van der Waals surface area contributed by atoms with E-state index in [0.29, 0.717) is 17.4 Å². The maximum absolute atomic E-state index is 6.40. The summed E-state index contributed by atoms with van der Waals surface area (Å²) in [5, 5.41) is 11.1. The van der Waals surface area contributed by atoms with Gasteiger partial charge in [0.05, 0.1) is 11.8 Å². The van der Waals surface area contributed by atoms with E-state index in [0.717, 1.165) is 39.3 Å². The van der Waals surface area contributed by atoms with Crippen molar-refractivity contribution in [3.63, 3.8) is 0 Å². The maximum Gasteiger partial charge on any atom is 0.0698 e. The van der Waals surface area contributed by atoms with Crippen LogP contribution in [-0.2, 0) is 16.0 Å². The summed E-state index contributed by atoms with van der Waals surface area (Å²) in [4.78, 5) is 2.38. The first kappa shape index (κ1) is 21.8. The van der Waals surface area contributed by atoms with Gasteiger partial charge in [-0.25, -0.2) is 0 Å². The minimum Gasteiger partial charge on any atom is -0.385 e. The monoisotopic (exact) mass is 392 g/mol. The van der Waals surface area contributed by atoms with Crippen LogP contribution in [0.3, 0.4) is 0 Å². The second-order valence-electron chi connectivity index (χ2n) is 8.89. The molecule has 0 radical (unpaired) electrons. The fourth-order valence-corrected chi connectivity index (χ4v) is 5.39. The lowest BCUT2D eigenvalue weighted by Crippen LogP contribution is -2.41. The van der Waals surface area contributed by atoms with Crippen LogP contribution in [0.2, 0.25) is 0 Å². The van der Waals surface area contributed by atoms with E-state index in [9.17, 15) is 0 Å². The minimum atomic E-state index is 0.365. The smallest absolute Gasteiger partial charge is 0.0698 e. The molecule has 3 rings (SSSR count). The Morgan fingerprint density at radius 3 is 2.86 bits per heavy atom. The molecule has 1 heterocycles. The molecule has 2 saturated carbocycles. The highest BCUT2D eigenvalue weighted by Gasteiger charge is 2.47. The van der Waals surface area contributed by atoms with Crippen LogP contribution in [0.25, 0.3) is 0 Å². The van der Waals surface area contributed by atoms with Gasteiger partial charge in [-0.15, -0.1) is 0 Å². The van der Waals surface area contributed by atoms with Crippen LogP contribution in [0.4, 0.5) is 0 Å². The molecule has 2 fully saturated rings. The Bertz CT molecular complexity index is 571. The van der Waals surface area contributed by atoms with E-state index in [2.05, 4.69) is 28.6 Å². The molecular weight excluding hydrogens is 352 g/mol. The second-order valence-corrected chi connectivity index (χ2v) is 8.89. The van der Waals surface area contributed by atoms with Crippen LogP contribution < -0.4 is 5.32 Å². The van der Waals surface area contributed by atoms with Crippen LogP contribution in [0.15, 0.2) is 6.20 Å². The molecule has 0 aromatic carbocycles. The number of hydrogen-bond donors (Lipinski definition) is 2. The summed E-state index contributed by atoms with van der Waals surface area (Å²) in [6.07, 6.45) is 12.5. The quantitative estimate of drug-likeness (QED) is 0.566. The molecule has 1 aromatic rings. The molecule has 28 heavy (non-hydrogen) atoms. The van der Waals surface area contributed by atoms with Gasteiger partial charge in [0.15, 0.2) is 0 Å². The van der Waals surface area contributed by atoms with Crippen molar-refractivity contribution in [2.24, 2.45) is 5.41 Å². The third-order valence-corrected chi connectivity index (χ3v) is 6.85. The van der Waals surface area contributed by atoms with Gasteiger partial charge in [-0.3, -0.25) is 5.10 Å². The lowest BCUT2D eigenvalue weighted by Gasteiger charge is -2.44. The number of aromatic nitrogens is 2. The molecule has 0 amide bonds. The summed E-state index contributed by atoms with van der Waals surface area (Å²) in [6.45, 7) is 4.65. The Labute approximate surface area is 170 Å². The van der Waals surface area contributed by atoms with Gasteiger partial charge in [-0.1, -0.05) is 12.8 Å². The molecule has 1 spiro atoms. The molecule has 1 aromatic heterocycles. The Morgan fingerprint density at radius 1 is 1.29 bits per heavy atom. The lowest BCUT2D eigenvalue weighted by atomic mass is 9.65. The van der Waals surface area contributed by atoms with E-state index < -0.39 is 0 Å². The van der Waals surface area contributed by atoms with Gasteiger partial charge in [0.1, 0.15) is 0 Å². The zero-order chi connectivity index (χ0) is 19.8. The van der Waals surface area contributed by atoms with Crippen molar-refractivity contribution in [3.05, 3.63) is 17.5 Å². The summed E-state index contributed by atoms with van der Waals surface area (Å²) in [5.41, 5.74) is 3.04. The highest BCUT2D eigenvalue weighted by molar-refractivity contribution is 5.22. The summed E-state index contributed by atoms with van der Waals surface area (Å²) in [7, 11) is 5.96. The number of aromatic amines is 1. The fourth-order valence-electron chi connectivity index (χ4n) is 5.39. The average molecular weight is 393 g/mol. The van der Waals surface area contributed by atoms with Crippen LogP contribution >= 0.6 is 0 Å². The Hall–Kier alpha value is -0.950. The van der Waals surface area contributed by atoms with Crippen LogP contribution in [0.1, 0.15) is 68.5 Å². The molecule has 0 aliphatic heterocycles. The maximum atomic E-state index is 6.40. The first-order valence-corrected chi connectivity index (χ1v) is 11.1. The van der Waals surface area contributed by atoms with Gasteiger partial charge in [0, 0.05) is 57.6 Å². The Kier molecular flexibility index (Phi) is 8.33. The van der Waals surface area contributed by atoms with Crippen molar-refractivity contribution in [3.8, 4) is 0 Å². The molecule has 160 valence electrons. The normalized spacial score (nSPS) is 24.4. The van der Waals surface area contributed by atoms with Crippen LogP contribution in [-0.4, -0.2) is 68.7 Å². The zero-order valence-corrected chi connectivity index (χ0v) is 18.1. The number of likely N-dealkylation sites (N-methyl/N-ethyl adjacent to an activating group) is 2. The standard InChI is InChI=1S/C22H40N4O2/c1-23-11-12-26(2)17-19-16-24-25-21(19)18-7-8-20(28-14-6-13-27-3)22(15-18)9-4-5-10-22/h16,18,20,23H,4-15,17H2,1-3H3,(H,24,25). The molecule has 0 bridgehead atoms. The molecule has 2 N–H and O–H groups in total. The largest absolute Gasteiger partial charge is 0.385 e. The molecular formula is C22H40N4O2. The van der Waals surface area contributed by atoms with E-state index in [1.165, 1.54) is 56.2 Å². The Morgan fingerprint density at radius 2 is 2.11 bits per heavy atom. The third kappa shape index (κ3) is 5.35. The molecule has 2 atom stereocenters.